The van der Waals surface area contributed by atoms with Crippen molar-refractivity contribution in [1.29, 1.82) is 0 Å². The smallest absolute Gasteiger partial charge is 0.369 e. The van der Waals surface area contributed by atoms with Gasteiger partial charge in [-0.2, -0.15) is 13.2 Å². The van der Waals surface area contributed by atoms with Crippen molar-refractivity contribution in [3.8, 4) is 0 Å². The van der Waals surface area contributed by atoms with Crippen LogP contribution < -0.4 is 5.73 Å². The predicted molar refractivity (Wildman–Crippen MR) is 58.1 cm³/mol. The average Bonchev–Trinajstić information content (AvgIpc) is 2.24. The Bertz CT molecular complexity index is 401. The lowest BCUT2D eigenvalue weighted by Crippen LogP contribution is -2.25. The first-order chi connectivity index (χ1) is 7.86. The van der Waals surface area contributed by atoms with E-state index in [1.165, 1.54) is 18.2 Å². The quantitative estimate of drug-likeness (QED) is 0.870. The minimum atomic E-state index is -4.40. The number of alkyl halides is 3. The van der Waals surface area contributed by atoms with E-state index in [1.54, 1.807) is 6.92 Å². The molecule has 0 radical (unpaired) electrons. The minimum absolute atomic E-state index is 0.0293. The highest BCUT2D eigenvalue weighted by molar-refractivity contribution is 5.76. The van der Waals surface area contributed by atoms with E-state index in [0.717, 1.165) is 6.07 Å². The Labute approximate surface area is 97.6 Å². The molecule has 94 valence electrons. The molecule has 5 heteroatoms. The zero-order valence-corrected chi connectivity index (χ0v) is 9.42. The third kappa shape index (κ3) is 3.47. The monoisotopic (exact) mass is 245 g/mol. The fourth-order valence-electron chi connectivity index (χ4n) is 1.69. The molecule has 1 unspecified atom stereocenters. The third-order valence-corrected chi connectivity index (χ3v) is 2.68. The molecule has 0 bridgehead atoms. The second kappa shape index (κ2) is 5.21. The molecule has 2 nitrogen and oxygen atoms in total. The summed E-state index contributed by atoms with van der Waals surface area (Å²) in [4.78, 5) is 11.0. The fourth-order valence-corrected chi connectivity index (χ4v) is 1.69. The van der Waals surface area contributed by atoms with Crippen LogP contribution in [-0.2, 0) is 17.4 Å². The van der Waals surface area contributed by atoms with Crippen molar-refractivity contribution in [2.75, 3.05) is 0 Å². The number of hydrogen-bond acceptors (Lipinski definition) is 1. The van der Waals surface area contributed by atoms with Gasteiger partial charge < -0.3 is 5.73 Å². The molecule has 1 rings (SSSR count). The normalized spacial score (nSPS) is 13.4. The van der Waals surface area contributed by atoms with Gasteiger partial charge in [0.25, 0.3) is 0 Å². The van der Waals surface area contributed by atoms with E-state index in [9.17, 15) is 18.0 Å². The molecule has 0 fully saturated rings. The second-order valence-electron chi connectivity index (χ2n) is 3.87. The highest BCUT2D eigenvalue weighted by Crippen LogP contribution is 2.33. The molecule has 0 heterocycles. The highest BCUT2D eigenvalue weighted by Gasteiger charge is 2.33. The van der Waals surface area contributed by atoms with Crippen LogP contribution in [0.1, 0.15) is 24.5 Å². The van der Waals surface area contributed by atoms with Gasteiger partial charge in [-0.1, -0.05) is 25.1 Å². The Balaban J connectivity index is 3.02. The van der Waals surface area contributed by atoms with Crippen LogP contribution >= 0.6 is 0 Å². The maximum Gasteiger partial charge on any atom is 0.416 e. The number of amides is 1. The first kappa shape index (κ1) is 13.5. The van der Waals surface area contributed by atoms with Gasteiger partial charge in [-0.15, -0.1) is 0 Å². The molecule has 1 aromatic rings. The SMILES string of the molecule is CCC(Cc1ccccc1C(F)(F)F)C(N)=O. The summed E-state index contributed by atoms with van der Waals surface area (Å²) in [5, 5.41) is 0. The Kier molecular flexibility index (Phi) is 4.15. The second-order valence-corrected chi connectivity index (χ2v) is 3.87. The molecule has 0 saturated carbocycles. The molecule has 1 aromatic carbocycles. The molecule has 2 N–H and O–H groups in total. The van der Waals surface area contributed by atoms with Gasteiger partial charge in [0.2, 0.25) is 5.91 Å². The first-order valence-electron chi connectivity index (χ1n) is 5.30. The van der Waals surface area contributed by atoms with E-state index in [0.29, 0.717) is 6.42 Å². The van der Waals surface area contributed by atoms with Gasteiger partial charge in [-0.25, -0.2) is 0 Å². The molecule has 17 heavy (non-hydrogen) atoms. The van der Waals surface area contributed by atoms with Gasteiger partial charge >= 0.3 is 6.18 Å². The zero-order chi connectivity index (χ0) is 13.1. The Morgan fingerprint density at radius 3 is 2.41 bits per heavy atom. The topological polar surface area (TPSA) is 43.1 Å². The summed E-state index contributed by atoms with van der Waals surface area (Å²) in [6, 6.07) is 5.26. The number of primary amides is 1. The van der Waals surface area contributed by atoms with Crippen LogP contribution in [0.2, 0.25) is 0 Å². The highest BCUT2D eigenvalue weighted by atomic mass is 19.4. The molecule has 1 amide bonds. The van der Waals surface area contributed by atoms with Gasteiger partial charge in [0, 0.05) is 5.92 Å². The van der Waals surface area contributed by atoms with Crippen molar-refractivity contribution in [2.24, 2.45) is 11.7 Å². The van der Waals surface area contributed by atoms with Crippen LogP contribution in [0.25, 0.3) is 0 Å². The molecule has 0 aliphatic heterocycles. The van der Waals surface area contributed by atoms with E-state index < -0.39 is 23.6 Å². The van der Waals surface area contributed by atoms with E-state index in [1.807, 2.05) is 0 Å². The number of nitrogens with two attached hydrogens (primary N) is 1. The van der Waals surface area contributed by atoms with Crippen molar-refractivity contribution < 1.29 is 18.0 Å². The predicted octanol–water partition coefficient (Wildman–Crippen LogP) is 2.76. The largest absolute Gasteiger partial charge is 0.416 e. The lowest BCUT2D eigenvalue weighted by atomic mass is 9.93. The maximum absolute atomic E-state index is 12.7. The van der Waals surface area contributed by atoms with E-state index in [4.69, 9.17) is 5.73 Å². The first-order valence-corrected chi connectivity index (χ1v) is 5.30. The third-order valence-electron chi connectivity index (χ3n) is 2.68. The van der Waals surface area contributed by atoms with Crippen LogP contribution in [0.4, 0.5) is 13.2 Å². The van der Waals surface area contributed by atoms with Crippen LogP contribution in [-0.4, -0.2) is 5.91 Å². The Morgan fingerprint density at radius 1 is 1.35 bits per heavy atom. The van der Waals surface area contributed by atoms with E-state index in [-0.39, 0.29) is 12.0 Å². The Morgan fingerprint density at radius 2 is 1.94 bits per heavy atom. The van der Waals surface area contributed by atoms with Gasteiger partial charge in [-0.3, -0.25) is 4.79 Å². The maximum atomic E-state index is 12.7. The van der Waals surface area contributed by atoms with Gasteiger partial charge in [0.1, 0.15) is 0 Å². The summed E-state index contributed by atoms with van der Waals surface area (Å²) in [6.07, 6.45) is -3.93. The van der Waals surface area contributed by atoms with Crippen LogP contribution in [0.5, 0.6) is 0 Å². The van der Waals surface area contributed by atoms with E-state index >= 15 is 0 Å². The van der Waals surface area contributed by atoms with E-state index in [2.05, 4.69) is 0 Å². The van der Waals surface area contributed by atoms with Crippen LogP contribution in [0.15, 0.2) is 24.3 Å². The van der Waals surface area contributed by atoms with Crippen molar-refractivity contribution in [1.82, 2.24) is 0 Å². The summed E-state index contributed by atoms with van der Waals surface area (Å²) < 4.78 is 38.1. The Hall–Kier alpha value is -1.52. The minimum Gasteiger partial charge on any atom is -0.369 e. The average molecular weight is 245 g/mol. The van der Waals surface area contributed by atoms with Crippen LogP contribution in [0, 0.1) is 5.92 Å². The zero-order valence-electron chi connectivity index (χ0n) is 9.42. The lowest BCUT2D eigenvalue weighted by Gasteiger charge is -2.16. The number of rotatable bonds is 4. The summed E-state index contributed by atoms with van der Waals surface area (Å²) in [7, 11) is 0. The molecule has 0 aromatic heterocycles. The summed E-state index contributed by atoms with van der Waals surface area (Å²) in [6.45, 7) is 1.73. The van der Waals surface area contributed by atoms with Crippen molar-refractivity contribution in [2.45, 2.75) is 25.9 Å². The molecule has 1 atom stereocenters. The molecular formula is C12H14F3NO. The van der Waals surface area contributed by atoms with Gasteiger partial charge in [0.05, 0.1) is 5.56 Å². The van der Waals surface area contributed by atoms with Gasteiger partial charge in [0.15, 0.2) is 0 Å². The number of carbonyl (C=O) groups is 1. The van der Waals surface area contributed by atoms with Gasteiger partial charge in [-0.05, 0) is 24.5 Å². The summed E-state index contributed by atoms with van der Waals surface area (Å²) >= 11 is 0. The van der Waals surface area contributed by atoms with Crippen molar-refractivity contribution in [3.63, 3.8) is 0 Å². The number of hydrogen-bond donors (Lipinski definition) is 1. The summed E-state index contributed by atoms with van der Waals surface area (Å²) in [5.41, 5.74) is 4.56. The number of carbonyl (C=O) groups excluding carboxylic acids is 1. The number of benzene rings is 1. The standard InChI is InChI=1S/C12H14F3NO/c1-2-8(11(16)17)7-9-5-3-4-6-10(9)12(13,14)15/h3-6,8H,2,7H2,1H3,(H2,16,17). The molecular weight excluding hydrogens is 231 g/mol. The lowest BCUT2D eigenvalue weighted by molar-refractivity contribution is -0.138. The van der Waals surface area contributed by atoms with Crippen molar-refractivity contribution in [3.05, 3.63) is 35.4 Å². The molecule has 0 saturated heterocycles. The van der Waals surface area contributed by atoms with Crippen LogP contribution in [0.3, 0.4) is 0 Å². The van der Waals surface area contributed by atoms with Crippen molar-refractivity contribution >= 4 is 5.91 Å². The molecule has 0 aliphatic carbocycles. The number of halogens is 3. The fraction of sp³-hybridized carbons (Fsp3) is 0.417. The molecule has 0 aliphatic rings. The summed E-state index contributed by atoms with van der Waals surface area (Å²) in [5.74, 6) is -1.12. The molecule has 0 spiro atoms.